The molecule has 2 aromatic heterocycles. The maximum atomic E-state index is 11.6. The Morgan fingerprint density at radius 2 is 2.12 bits per heavy atom. The Morgan fingerprint density at radius 1 is 1.35 bits per heavy atom. The molecule has 3 rings (SSSR count). The SMILES string of the molecule is CCC(Nc1cnc(C(N)=O)c(Nc2cnn(CC3CC3)c2)n1)C(N)=O. The molecule has 138 valence electrons. The molecule has 2 amide bonds. The summed E-state index contributed by atoms with van der Waals surface area (Å²) in [6.07, 6.45) is 7.77. The summed E-state index contributed by atoms with van der Waals surface area (Å²) in [6.45, 7) is 2.69. The van der Waals surface area contributed by atoms with Crippen molar-refractivity contribution in [3.63, 3.8) is 0 Å². The number of nitrogens with one attached hydrogen (secondary N) is 2. The lowest BCUT2D eigenvalue weighted by molar-refractivity contribution is -0.118. The number of carbonyl (C=O) groups excluding carboxylic acids is 2. The zero-order valence-electron chi connectivity index (χ0n) is 14.5. The number of nitrogens with two attached hydrogens (primary N) is 2. The van der Waals surface area contributed by atoms with Crippen molar-refractivity contribution >= 4 is 29.1 Å². The monoisotopic (exact) mass is 358 g/mol. The highest BCUT2D eigenvalue weighted by molar-refractivity contribution is 5.96. The smallest absolute Gasteiger partial charge is 0.271 e. The largest absolute Gasteiger partial charge is 0.368 e. The highest BCUT2D eigenvalue weighted by atomic mass is 16.1. The molecule has 0 bridgehead atoms. The summed E-state index contributed by atoms with van der Waals surface area (Å²) in [7, 11) is 0. The van der Waals surface area contributed by atoms with E-state index in [4.69, 9.17) is 11.5 Å². The number of primary amides is 2. The number of rotatable bonds is 9. The Balaban J connectivity index is 1.80. The van der Waals surface area contributed by atoms with Crippen molar-refractivity contribution < 1.29 is 9.59 Å². The predicted octanol–water partition coefficient (Wildman–Crippen LogP) is 0.601. The van der Waals surface area contributed by atoms with E-state index >= 15 is 0 Å². The van der Waals surface area contributed by atoms with Crippen molar-refractivity contribution in [1.82, 2.24) is 19.7 Å². The molecule has 2 aromatic rings. The van der Waals surface area contributed by atoms with Crippen molar-refractivity contribution in [2.75, 3.05) is 10.6 Å². The standard InChI is InChI=1S/C16H22N8O2/c1-2-11(14(17)25)22-12-6-19-13(15(18)26)16(23-12)21-10-5-20-24(8-10)7-9-3-4-9/h5-6,8-9,11H,2-4,7H2,1H3,(H2,17,25)(H2,18,26)(H2,21,22,23). The summed E-state index contributed by atoms with van der Waals surface area (Å²) in [5, 5.41) is 10.2. The number of aromatic nitrogens is 4. The third-order valence-electron chi connectivity index (χ3n) is 4.12. The maximum absolute atomic E-state index is 11.6. The van der Waals surface area contributed by atoms with Gasteiger partial charge in [0.15, 0.2) is 11.5 Å². The summed E-state index contributed by atoms with van der Waals surface area (Å²) in [4.78, 5) is 31.4. The maximum Gasteiger partial charge on any atom is 0.271 e. The number of hydrogen-bond donors (Lipinski definition) is 4. The van der Waals surface area contributed by atoms with Gasteiger partial charge in [-0.2, -0.15) is 5.10 Å². The molecule has 1 aliphatic rings. The molecule has 0 spiro atoms. The van der Waals surface area contributed by atoms with Crippen LogP contribution in [-0.2, 0) is 11.3 Å². The minimum absolute atomic E-state index is 0.00221. The van der Waals surface area contributed by atoms with Crippen LogP contribution in [0.25, 0.3) is 0 Å². The van der Waals surface area contributed by atoms with Crippen molar-refractivity contribution in [3.05, 3.63) is 24.3 Å². The highest BCUT2D eigenvalue weighted by Gasteiger charge is 2.22. The number of nitrogens with zero attached hydrogens (tertiary/aromatic N) is 4. The first kappa shape index (κ1) is 17.6. The molecular weight excluding hydrogens is 336 g/mol. The van der Waals surface area contributed by atoms with Crippen molar-refractivity contribution in [3.8, 4) is 0 Å². The number of amides is 2. The lowest BCUT2D eigenvalue weighted by atomic mass is 10.2. The Hall–Kier alpha value is -3.17. The van der Waals surface area contributed by atoms with Gasteiger partial charge in [0.05, 0.1) is 18.1 Å². The molecule has 10 heteroatoms. The van der Waals surface area contributed by atoms with Crippen LogP contribution in [0.15, 0.2) is 18.6 Å². The van der Waals surface area contributed by atoms with E-state index in [9.17, 15) is 9.59 Å². The van der Waals surface area contributed by atoms with Crippen LogP contribution < -0.4 is 22.1 Å². The van der Waals surface area contributed by atoms with E-state index in [0.717, 1.165) is 6.54 Å². The van der Waals surface area contributed by atoms with Gasteiger partial charge in [-0.3, -0.25) is 14.3 Å². The van der Waals surface area contributed by atoms with E-state index in [1.54, 1.807) is 6.20 Å². The third-order valence-corrected chi connectivity index (χ3v) is 4.12. The predicted molar refractivity (Wildman–Crippen MR) is 95.7 cm³/mol. The Morgan fingerprint density at radius 3 is 2.73 bits per heavy atom. The number of anilines is 3. The van der Waals surface area contributed by atoms with Gasteiger partial charge in [-0.25, -0.2) is 9.97 Å². The van der Waals surface area contributed by atoms with E-state index < -0.39 is 17.9 Å². The van der Waals surface area contributed by atoms with Gasteiger partial charge >= 0.3 is 0 Å². The van der Waals surface area contributed by atoms with Gasteiger partial charge in [-0.1, -0.05) is 6.92 Å². The highest BCUT2D eigenvalue weighted by Crippen LogP contribution is 2.30. The van der Waals surface area contributed by atoms with Crippen LogP contribution in [0.5, 0.6) is 0 Å². The lowest BCUT2D eigenvalue weighted by Gasteiger charge is -2.15. The third kappa shape index (κ3) is 4.26. The Labute approximate surface area is 150 Å². The fraction of sp³-hybridized carbons (Fsp3) is 0.438. The van der Waals surface area contributed by atoms with Gasteiger partial charge in [-0.05, 0) is 25.2 Å². The quantitative estimate of drug-likeness (QED) is 0.512. The zero-order chi connectivity index (χ0) is 18.7. The normalized spacial score (nSPS) is 14.7. The zero-order valence-corrected chi connectivity index (χ0v) is 14.5. The number of carbonyl (C=O) groups is 2. The van der Waals surface area contributed by atoms with Gasteiger partial charge in [0, 0.05) is 12.7 Å². The molecule has 1 saturated carbocycles. The Bertz CT molecular complexity index is 814. The van der Waals surface area contributed by atoms with Gasteiger partial charge in [0.25, 0.3) is 5.91 Å². The van der Waals surface area contributed by atoms with Gasteiger partial charge in [0.1, 0.15) is 11.9 Å². The number of hydrogen-bond acceptors (Lipinski definition) is 7. The van der Waals surface area contributed by atoms with Crippen molar-refractivity contribution in [2.24, 2.45) is 17.4 Å². The van der Waals surface area contributed by atoms with Crippen LogP contribution in [-0.4, -0.2) is 37.6 Å². The second-order valence-corrected chi connectivity index (χ2v) is 6.34. The molecule has 0 radical (unpaired) electrons. The molecule has 1 unspecified atom stereocenters. The van der Waals surface area contributed by atoms with Crippen LogP contribution >= 0.6 is 0 Å². The Kier molecular flexibility index (Phi) is 5.01. The van der Waals surface area contributed by atoms with E-state index in [0.29, 0.717) is 23.8 Å². The summed E-state index contributed by atoms with van der Waals surface area (Å²) < 4.78 is 1.85. The lowest BCUT2D eigenvalue weighted by Crippen LogP contribution is -2.35. The fourth-order valence-corrected chi connectivity index (χ4v) is 2.51. The molecule has 1 fully saturated rings. The fourth-order valence-electron chi connectivity index (χ4n) is 2.51. The molecule has 26 heavy (non-hydrogen) atoms. The minimum atomic E-state index is -0.709. The summed E-state index contributed by atoms with van der Waals surface area (Å²) in [6, 6.07) is -0.585. The average Bonchev–Trinajstić information content (AvgIpc) is 3.30. The minimum Gasteiger partial charge on any atom is -0.368 e. The molecule has 1 aliphatic carbocycles. The van der Waals surface area contributed by atoms with Crippen molar-refractivity contribution in [2.45, 2.75) is 38.8 Å². The van der Waals surface area contributed by atoms with Gasteiger partial charge < -0.3 is 22.1 Å². The first-order valence-corrected chi connectivity index (χ1v) is 8.48. The molecule has 0 aliphatic heterocycles. The summed E-state index contributed by atoms with van der Waals surface area (Å²) in [5.41, 5.74) is 11.4. The second-order valence-electron chi connectivity index (χ2n) is 6.34. The molecular formula is C16H22N8O2. The summed E-state index contributed by atoms with van der Waals surface area (Å²) in [5.74, 6) is -0.0136. The average molecular weight is 358 g/mol. The van der Waals surface area contributed by atoms with Crippen LogP contribution in [0.1, 0.15) is 36.7 Å². The van der Waals surface area contributed by atoms with Crippen LogP contribution in [0, 0.1) is 5.92 Å². The van der Waals surface area contributed by atoms with Gasteiger partial charge in [0.2, 0.25) is 5.91 Å². The van der Waals surface area contributed by atoms with E-state index in [-0.39, 0.29) is 11.5 Å². The van der Waals surface area contributed by atoms with Gasteiger partial charge in [-0.15, -0.1) is 0 Å². The molecule has 2 heterocycles. The molecule has 6 N–H and O–H groups in total. The van der Waals surface area contributed by atoms with Crippen molar-refractivity contribution in [1.29, 1.82) is 0 Å². The summed E-state index contributed by atoms with van der Waals surface area (Å²) >= 11 is 0. The van der Waals surface area contributed by atoms with Crippen LogP contribution in [0.3, 0.4) is 0 Å². The molecule has 10 nitrogen and oxygen atoms in total. The van der Waals surface area contributed by atoms with E-state index in [2.05, 4.69) is 25.7 Å². The molecule has 0 aromatic carbocycles. The van der Waals surface area contributed by atoms with E-state index in [1.165, 1.54) is 19.0 Å². The van der Waals surface area contributed by atoms with Crippen LogP contribution in [0.2, 0.25) is 0 Å². The first-order chi connectivity index (χ1) is 12.5. The first-order valence-electron chi connectivity index (χ1n) is 8.48. The molecule has 0 saturated heterocycles. The second kappa shape index (κ2) is 7.38. The van der Waals surface area contributed by atoms with Crippen LogP contribution in [0.4, 0.5) is 17.3 Å². The van der Waals surface area contributed by atoms with E-state index in [1.807, 2.05) is 17.8 Å². The topological polar surface area (TPSA) is 154 Å². The molecule has 1 atom stereocenters.